The lowest BCUT2D eigenvalue weighted by molar-refractivity contribution is 0.632. The van der Waals surface area contributed by atoms with E-state index in [0.29, 0.717) is 5.69 Å². The minimum atomic E-state index is -0.224. The van der Waals surface area contributed by atoms with Crippen molar-refractivity contribution in [1.82, 2.24) is 0 Å². The largest absolute Gasteiger partial charge is 0.353 e. The van der Waals surface area contributed by atoms with E-state index < -0.39 is 0 Å². The predicted molar refractivity (Wildman–Crippen MR) is 93.8 cm³/mol. The van der Waals surface area contributed by atoms with Crippen molar-refractivity contribution in [2.45, 2.75) is 20.3 Å². The Bertz CT molecular complexity index is 912. The maximum absolute atomic E-state index is 14.1. The molecule has 0 spiro atoms. The van der Waals surface area contributed by atoms with Crippen molar-refractivity contribution in [3.63, 3.8) is 0 Å². The molecule has 3 aromatic rings. The molecule has 1 aliphatic carbocycles. The quantitative estimate of drug-likeness (QED) is 0.496. The van der Waals surface area contributed by atoms with Crippen LogP contribution >= 0.6 is 0 Å². The predicted octanol–water partition coefficient (Wildman–Crippen LogP) is 5.76. The highest BCUT2D eigenvalue weighted by Gasteiger charge is 2.23. The molecule has 0 radical (unpaired) electrons. The van der Waals surface area contributed by atoms with Crippen LogP contribution in [0.4, 0.5) is 15.8 Å². The van der Waals surface area contributed by atoms with E-state index in [4.69, 9.17) is 0 Å². The first-order valence-electron chi connectivity index (χ1n) is 7.88. The van der Waals surface area contributed by atoms with Crippen molar-refractivity contribution < 1.29 is 4.39 Å². The Hall–Kier alpha value is -2.61. The van der Waals surface area contributed by atoms with E-state index in [2.05, 4.69) is 49.5 Å². The first-order chi connectivity index (χ1) is 11.1. The Balaban J connectivity index is 1.89. The Morgan fingerprint density at radius 2 is 1.65 bits per heavy atom. The molecule has 0 atom stereocenters. The molecular weight excluding hydrogens is 285 g/mol. The van der Waals surface area contributed by atoms with Gasteiger partial charge in [-0.15, -0.1) is 0 Å². The van der Waals surface area contributed by atoms with Gasteiger partial charge in [-0.1, -0.05) is 42.5 Å². The summed E-state index contributed by atoms with van der Waals surface area (Å²) in [5, 5.41) is 3.34. The monoisotopic (exact) mass is 303 g/mol. The summed E-state index contributed by atoms with van der Waals surface area (Å²) in [5.74, 6) is -0.224. The zero-order chi connectivity index (χ0) is 16.0. The Kier molecular flexibility index (Phi) is 3.19. The molecule has 0 amide bonds. The number of para-hydroxylation sites is 1. The van der Waals surface area contributed by atoms with Gasteiger partial charge in [-0.2, -0.15) is 0 Å². The normalized spacial score (nSPS) is 12.0. The fourth-order valence-electron chi connectivity index (χ4n) is 3.39. The molecule has 0 saturated carbocycles. The average molecular weight is 303 g/mol. The lowest BCUT2D eigenvalue weighted by Gasteiger charge is -2.17. The Labute approximate surface area is 135 Å². The number of hydrogen-bond acceptors (Lipinski definition) is 1. The van der Waals surface area contributed by atoms with E-state index >= 15 is 0 Å². The maximum atomic E-state index is 14.1. The number of fused-ring (bicyclic) bond motifs is 3. The number of halogens is 1. The molecule has 23 heavy (non-hydrogen) atoms. The molecule has 1 N–H and O–H groups in total. The van der Waals surface area contributed by atoms with E-state index in [1.54, 1.807) is 12.1 Å². The van der Waals surface area contributed by atoms with Gasteiger partial charge in [0.15, 0.2) is 0 Å². The standard InChI is InChI=1S/C21H18FN/c1-13-11-17-16-8-4-3-7-15(16)12-18(17)21(14(13)2)23-20-10-6-5-9-19(20)22/h3-11,23H,12H2,1-2H3. The summed E-state index contributed by atoms with van der Waals surface area (Å²) < 4.78 is 14.1. The molecule has 0 fully saturated rings. The molecule has 2 heteroatoms. The minimum absolute atomic E-state index is 0.224. The van der Waals surface area contributed by atoms with Crippen LogP contribution < -0.4 is 5.32 Å². The van der Waals surface area contributed by atoms with Crippen LogP contribution in [0.2, 0.25) is 0 Å². The van der Waals surface area contributed by atoms with Gasteiger partial charge in [0.2, 0.25) is 0 Å². The SMILES string of the molecule is Cc1cc2c(c(Nc3ccccc3F)c1C)Cc1ccccc1-2. The fraction of sp³-hybridized carbons (Fsp3) is 0.143. The number of anilines is 2. The smallest absolute Gasteiger partial charge is 0.146 e. The van der Waals surface area contributed by atoms with Crippen LogP contribution in [0.3, 0.4) is 0 Å². The van der Waals surface area contributed by atoms with E-state index in [1.807, 2.05) is 6.07 Å². The van der Waals surface area contributed by atoms with E-state index in [9.17, 15) is 4.39 Å². The van der Waals surface area contributed by atoms with E-state index in [0.717, 1.165) is 12.1 Å². The fourth-order valence-corrected chi connectivity index (χ4v) is 3.39. The number of hydrogen-bond donors (Lipinski definition) is 1. The van der Waals surface area contributed by atoms with Gasteiger partial charge in [0.25, 0.3) is 0 Å². The van der Waals surface area contributed by atoms with Gasteiger partial charge in [0, 0.05) is 12.1 Å². The molecule has 0 bridgehead atoms. The van der Waals surface area contributed by atoms with Gasteiger partial charge in [-0.3, -0.25) is 0 Å². The van der Waals surface area contributed by atoms with Crippen molar-refractivity contribution in [3.8, 4) is 11.1 Å². The highest BCUT2D eigenvalue weighted by molar-refractivity contribution is 5.86. The molecule has 0 saturated heterocycles. The second-order valence-corrected chi connectivity index (χ2v) is 6.16. The Morgan fingerprint density at radius 1 is 0.913 bits per heavy atom. The van der Waals surface area contributed by atoms with Crippen LogP contribution in [0.25, 0.3) is 11.1 Å². The molecule has 0 aliphatic heterocycles. The van der Waals surface area contributed by atoms with Gasteiger partial charge in [-0.25, -0.2) is 4.39 Å². The summed E-state index contributed by atoms with van der Waals surface area (Å²) in [6, 6.07) is 17.6. The summed E-state index contributed by atoms with van der Waals surface area (Å²) in [6.45, 7) is 4.21. The van der Waals surface area contributed by atoms with Crippen molar-refractivity contribution in [3.05, 3.63) is 82.7 Å². The average Bonchev–Trinajstić information content (AvgIpc) is 2.92. The zero-order valence-electron chi connectivity index (χ0n) is 13.3. The number of aryl methyl sites for hydroxylation is 1. The van der Waals surface area contributed by atoms with Crippen molar-refractivity contribution in [2.75, 3.05) is 5.32 Å². The van der Waals surface area contributed by atoms with Gasteiger partial charge in [-0.05, 0) is 59.4 Å². The van der Waals surface area contributed by atoms with Crippen molar-refractivity contribution >= 4 is 11.4 Å². The number of rotatable bonds is 2. The van der Waals surface area contributed by atoms with E-state index in [-0.39, 0.29) is 5.82 Å². The van der Waals surface area contributed by atoms with Gasteiger partial charge < -0.3 is 5.32 Å². The molecular formula is C21H18FN. The van der Waals surface area contributed by atoms with Gasteiger partial charge in [0.1, 0.15) is 5.82 Å². The van der Waals surface area contributed by atoms with Gasteiger partial charge >= 0.3 is 0 Å². The molecule has 4 rings (SSSR count). The lowest BCUT2D eigenvalue weighted by atomic mass is 9.96. The van der Waals surface area contributed by atoms with Crippen LogP contribution in [-0.4, -0.2) is 0 Å². The van der Waals surface area contributed by atoms with Crippen LogP contribution in [-0.2, 0) is 6.42 Å². The van der Waals surface area contributed by atoms with Crippen LogP contribution in [0, 0.1) is 19.7 Å². The maximum Gasteiger partial charge on any atom is 0.146 e. The molecule has 0 heterocycles. The second-order valence-electron chi connectivity index (χ2n) is 6.16. The zero-order valence-corrected chi connectivity index (χ0v) is 13.3. The topological polar surface area (TPSA) is 12.0 Å². The lowest BCUT2D eigenvalue weighted by Crippen LogP contribution is -2.01. The first-order valence-corrected chi connectivity index (χ1v) is 7.88. The highest BCUT2D eigenvalue weighted by Crippen LogP contribution is 2.43. The number of nitrogens with one attached hydrogen (secondary N) is 1. The molecule has 3 aromatic carbocycles. The molecule has 0 aromatic heterocycles. The summed E-state index contributed by atoms with van der Waals surface area (Å²) in [5.41, 5.74) is 9.13. The molecule has 114 valence electrons. The van der Waals surface area contributed by atoms with Crippen LogP contribution in [0.1, 0.15) is 22.3 Å². The second kappa shape index (κ2) is 5.24. The summed E-state index contributed by atoms with van der Waals surface area (Å²) in [6.07, 6.45) is 0.892. The van der Waals surface area contributed by atoms with Crippen molar-refractivity contribution in [1.29, 1.82) is 0 Å². The highest BCUT2D eigenvalue weighted by atomic mass is 19.1. The summed E-state index contributed by atoms with van der Waals surface area (Å²) in [7, 11) is 0. The third-order valence-corrected chi connectivity index (χ3v) is 4.76. The Morgan fingerprint density at radius 3 is 2.48 bits per heavy atom. The molecule has 1 aliphatic rings. The number of benzene rings is 3. The van der Waals surface area contributed by atoms with Crippen LogP contribution in [0.15, 0.2) is 54.6 Å². The third kappa shape index (κ3) is 2.22. The summed E-state index contributed by atoms with van der Waals surface area (Å²) in [4.78, 5) is 0. The first kappa shape index (κ1) is 14.0. The third-order valence-electron chi connectivity index (χ3n) is 4.76. The minimum Gasteiger partial charge on any atom is -0.353 e. The van der Waals surface area contributed by atoms with Crippen molar-refractivity contribution in [2.24, 2.45) is 0 Å². The molecule has 0 unspecified atom stereocenters. The van der Waals surface area contributed by atoms with Gasteiger partial charge in [0.05, 0.1) is 5.69 Å². The van der Waals surface area contributed by atoms with E-state index in [1.165, 1.54) is 39.4 Å². The van der Waals surface area contributed by atoms with Crippen LogP contribution in [0.5, 0.6) is 0 Å². The molecule has 1 nitrogen and oxygen atoms in total. The summed E-state index contributed by atoms with van der Waals surface area (Å²) >= 11 is 0.